The molecule has 0 aliphatic rings. The van der Waals surface area contributed by atoms with Crippen molar-refractivity contribution in [3.05, 3.63) is 29.8 Å². The molecule has 3 N–H and O–H groups in total. The van der Waals surface area contributed by atoms with E-state index in [1.807, 2.05) is 13.8 Å². The van der Waals surface area contributed by atoms with Gasteiger partial charge in [-0.05, 0) is 31.2 Å². The lowest BCUT2D eigenvalue weighted by atomic mass is 10.1. The van der Waals surface area contributed by atoms with Crippen molar-refractivity contribution in [2.24, 2.45) is 0 Å². The number of hydrogen-bond donors (Lipinski definition) is 3. The van der Waals surface area contributed by atoms with E-state index in [-0.39, 0.29) is 18.4 Å². The van der Waals surface area contributed by atoms with E-state index in [0.717, 1.165) is 6.54 Å². The third-order valence-corrected chi connectivity index (χ3v) is 2.61. The summed E-state index contributed by atoms with van der Waals surface area (Å²) < 4.78 is 0. The van der Waals surface area contributed by atoms with Crippen LogP contribution in [-0.4, -0.2) is 29.6 Å². The van der Waals surface area contributed by atoms with E-state index in [1.54, 1.807) is 24.3 Å². The first-order chi connectivity index (χ1) is 9.01. The van der Waals surface area contributed by atoms with E-state index in [0.29, 0.717) is 17.7 Å². The summed E-state index contributed by atoms with van der Waals surface area (Å²) in [6, 6.07) is 7.02. The molecule has 0 fully saturated rings. The third kappa shape index (κ3) is 6.01. The summed E-state index contributed by atoms with van der Waals surface area (Å²) in [4.78, 5) is 22.4. The van der Waals surface area contributed by atoms with Gasteiger partial charge in [-0.15, -0.1) is 0 Å². The average molecular weight is 264 g/mol. The summed E-state index contributed by atoms with van der Waals surface area (Å²) in [5.41, 5.74) is 1.30. The molecule has 1 unspecified atom stereocenters. The van der Waals surface area contributed by atoms with Crippen LogP contribution in [-0.2, 0) is 16.0 Å². The maximum atomic E-state index is 11.8. The Kier molecular flexibility index (Phi) is 6.02. The highest BCUT2D eigenvalue weighted by Gasteiger charge is 2.08. The fourth-order valence-corrected chi connectivity index (χ4v) is 1.84. The van der Waals surface area contributed by atoms with E-state index in [9.17, 15) is 9.59 Å². The number of nitrogens with one attached hydrogen (secondary N) is 2. The quantitative estimate of drug-likeness (QED) is 0.699. The van der Waals surface area contributed by atoms with Crippen molar-refractivity contribution in [2.75, 3.05) is 11.9 Å². The van der Waals surface area contributed by atoms with E-state index < -0.39 is 5.97 Å². The zero-order valence-electron chi connectivity index (χ0n) is 11.3. The SMILES string of the molecule is CCNC(C)CC(=O)Nc1cccc(CC(=O)O)c1. The molecule has 104 valence electrons. The highest BCUT2D eigenvalue weighted by Crippen LogP contribution is 2.12. The number of aliphatic carboxylic acids is 1. The highest BCUT2D eigenvalue weighted by molar-refractivity contribution is 5.91. The summed E-state index contributed by atoms with van der Waals surface area (Å²) in [7, 11) is 0. The van der Waals surface area contributed by atoms with E-state index in [4.69, 9.17) is 5.11 Å². The van der Waals surface area contributed by atoms with Gasteiger partial charge in [0.1, 0.15) is 0 Å². The largest absolute Gasteiger partial charge is 0.481 e. The molecule has 0 bridgehead atoms. The number of amides is 1. The average Bonchev–Trinajstić information content (AvgIpc) is 2.28. The topological polar surface area (TPSA) is 78.4 Å². The molecule has 1 atom stereocenters. The summed E-state index contributed by atoms with van der Waals surface area (Å²) >= 11 is 0. The lowest BCUT2D eigenvalue weighted by molar-refractivity contribution is -0.136. The Bertz CT molecular complexity index is 446. The van der Waals surface area contributed by atoms with Crippen LogP contribution in [0.2, 0.25) is 0 Å². The molecule has 0 saturated heterocycles. The van der Waals surface area contributed by atoms with Gasteiger partial charge in [0.15, 0.2) is 0 Å². The molecular formula is C14H20N2O3. The van der Waals surface area contributed by atoms with Crippen LogP contribution in [0, 0.1) is 0 Å². The second-order valence-electron chi connectivity index (χ2n) is 4.48. The van der Waals surface area contributed by atoms with Crippen LogP contribution < -0.4 is 10.6 Å². The van der Waals surface area contributed by atoms with E-state index >= 15 is 0 Å². The van der Waals surface area contributed by atoms with Crippen LogP contribution in [0.1, 0.15) is 25.8 Å². The van der Waals surface area contributed by atoms with Crippen molar-refractivity contribution >= 4 is 17.6 Å². The van der Waals surface area contributed by atoms with Gasteiger partial charge < -0.3 is 15.7 Å². The van der Waals surface area contributed by atoms with Crippen LogP contribution >= 0.6 is 0 Å². The maximum Gasteiger partial charge on any atom is 0.307 e. The van der Waals surface area contributed by atoms with Crippen LogP contribution in [0.5, 0.6) is 0 Å². The molecule has 5 nitrogen and oxygen atoms in total. The molecule has 0 heterocycles. The fourth-order valence-electron chi connectivity index (χ4n) is 1.84. The molecular weight excluding hydrogens is 244 g/mol. The molecule has 0 radical (unpaired) electrons. The molecule has 0 aliphatic carbocycles. The minimum absolute atomic E-state index is 0.0441. The first kappa shape index (κ1) is 15.2. The van der Waals surface area contributed by atoms with Crippen LogP contribution in [0.25, 0.3) is 0 Å². The number of carbonyl (C=O) groups is 2. The number of carbonyl (C=O) groups excluding carboxylic acids is 1. The van der Waals surface area contributed by atoms with Gasteiger partial charge >= 0.3 is 5.97 Å². The first-order valence-electron chi connectivity index (χ1n) is 6.35. The van der Waals surface area contributed by atoms with Crippen molar-refractivity contribution in [3.8, 4) is 0 Å². The highest BCUT2D eigenvalue weighted by atomic mass is 16.4. The summed E-state index contributed by atoms with van der Waals surface area (Å²) in [6.45, 7) is 4.76. The Balaban J connectivity index is 2.56. The van der Waals surface area contributed by atoms with Gasteiger partial charge in [-0.3, -0.25) is 9.59 Å². The zero-order valence-corrected chi connectivity index (χ0v) is 11.3. The standard InChI is InChI=1S/C14H20N2O3/c1-3-15-10(2)7-13(17)16-12-6-4-5-11(8-12)9-14(18)19/h4-6,8,10,15H,3,7,9H2,1-2H3,(H,16,17)(H,18,19). The van der Waals surface area contributed by atoms with Gasteiger partial charge in [-0.25, -0.2) is 0 Å². The lowest BCUT2D eigenvalue weighted by Crippen LogP contribution is -2.30. The molecule has 0 saturated carbocycles. The molecule has 1 rings (SSSR count). The zero-order chi connectivity index (χ0) is 14.3. The van der Waals surface area contributed by atoms with E-state index in [1.165, 1.54) is 0 Å². The molecule has 19 heavy (non-hydrogen) atoms. The van der Waals surface area contributed by atoms with Crippen LogP contribution in [0.15, 0.2) is 24.3 Å². The second kappa shape index (κ2) is 7.53. The summed E-state index contributed by atoms with van der Waals surface area (Å²) in [6.07, 6.45) is 0.342. The molecule has 0 aromatic heterocycles. The van der Waals surface area contributed by atoms with Gasteiger partial charge in [-0.1, -0.05) is 19.1 Å². The number of carboxylic acid groups (broad SMARTS) is 1. The minimum atomic E-state index is -0.885. The number of anilines is 1. The van der Waals surface area contributed by atoms with E-state index in [2.05, 4.69) is 10.6 Å². The van der Waals surface area contributed by atoms with Gasteiger partial charge in [0.05, 0.1) is 6.42 Å². The molecule has 0 aliphatic heterocycles. The first-order valence-corrected chi connectivity index (χ1v) is 6.35. The van der Waals surface area contributed by atoms with Crippen molar-refractivity contribution in [3.63, 3.8) is 0 Å². The number of carboxylic acids is 1. The Hall–Kier alpha value is -1.88. The second-order valence-corrected chi connectivity index (χ2v) is 4.48. The molecule has 1 aromatic rings. The molecule has 1 aromatic carbocycles. The molecule has 0 spiro atoms. The lowest BCUT2D eigenvalue weighted by Gasteiger charge is -2.12. The number of hydrogen-bond acceptors (Lipinski definition) is 3. The van der Waals surface area contributed by atoms with Gasteiger partial charge in [0.25, 0.3) is 0 Å². The Morgan fingerprint density at radius 2 is 2.11 bits per heavy atom. The summed E-state index contributed by atoms with van der Waals surface area (Å²) in [5, 5.41) is 14.7. The third-order valence-electron chi connectivity index (χ3n) is 2.61. The Labute approximate surface area is 113 Å². The fraction of sp³-hybridized carbons (Fsp3) is 0.429. The maximum absolute atomic E-state index is 11.8. The van der Waals surface area contributed by atoms with Crippen molar-refractivity contribution < 1.29 is 14.7 Å². The number of benzene rings is 1. The predicted molar refractivity (Wildman–Crippen MR) is 74.2 cm³/mol. The van der Waals surface area contributed by atoms with Crippen LogP contribution in [0.3, 0.4) is 0 Å². The minimum Gasteiger partial charge on any atom is -0.481 e. The molecule has 5 heteroatoms. The normalized spacial score (nSPS) is 11.9. The smallest absolute Gasteiger partial charge is 0.307 e. The Morgan fingerprint density at radius 3 is 2.74 bits per heavy atom. The van der Waals surface area contributed by atoms with Crippen molar-refractivity contribution in [1.29, 1.82) is 0 Å². The van der Waals surface area contributed by atoms with Crippen molar-refractivity contribution in [2.45, 2.75) is 32.7 Å². The summed E-state index contributed by atoms with van der Waals surface area (Å²) in [5.74, 6) is -0.967. The van der Waals surface area contributed by atoms with Gasteiger partial charge in [0.2, 0.25) is 5.91 Å². The monoisotopic (exact) mass is 264 g/mol. The number of rotatable bonds is 7. The van der Waals surface area contributed by atoms with Crippen molar-refractivity contribution in [1.82, 2.24) is 5.32 Å². The molecule has 1 amide bonds. The predicted octanol–water partition coefficient (Wildman–Crippen LogP) is 1.64. The van der Waals surface area contributed by atoms with Gasteiger partial charge in [0, 0.05) is 18.2 Å². The van der Waals surface area contributed by atoms with Crippen LogP contribution in [0.4, 0.5) is 5.69 Å². The van der Waals surface area contributed by atoms with Gasteiger partial charge in [-0.2, -0.15) is 0 Å². The Morgan fingerprint density at radius 1 is 1.37 bits per heavy atom.